The van der Waals surface area contributed by atoms with Crippen LogP contribution in [-0.4, -0.2) is 62.3 Å². The largest absolute Gasteiger partial charge is 0.444 e. The molecule has 3 aromatic rings. The highest BCUT2D eigenvalue weighted by Crippen LogP contribution is 2.25. The molecule has 0 bridgehead atoms. The van der Waals surface area contributed by atoms with Crippen LogP contribution in [-0.2, 0) is 4.74 Å². The third kappa shape index (κ3) is 7.07. The van der Waals surface area contributed by atoms with Crippen LogP contribution in [0.4, 0.5) is 22.2 Å². The number of piperidine rings is 1. The van der Waals surface area contributed by atoms with E-state index in [0.717, 1.165) is 18.4 Å². The second-order valence-corrected chi connectivity index (χ2v) is 10.5. The maximum Gasteiger partial charge on any atom is 0.410 e. The van der Waals surface area contributed by atoms with Crippen molar-refractivity contribution in [2.75, 3.05) is 29.5 Å². The van der Waals surface area contributed by atoms with Crippen LogP contribution in [0.5, 0.6) is 0 Å². The van der Waals surface area contributed by atoms with E-state index in [4.69, 9.17) is 15.9 Å². The number of amides is 2. The number of likely N-dealkylation sites (tertiary alicyclic amines) is 1. The summed E-state index contributed by atoms with van der Waals surface area (Å²) in [7, 11) is 0. The van der Waals surface area contributed by atoms with Gasteiger partial charge in [-0.05, 0) is 70.4 Å². The molecule has 11 heteroatoms. The Morgan fingerprint density at radius 3 is 2.51 bits per heavy atom. The van der Waals surface area contributed by atoms with Gasteiger partial charge in [-0.15, -0.1) is 0 Å². The molecule has 0 spiro atoms. The van der Waals surface area contributed by atoms with Crippen molar-refractivity contribution in [2.45, 2.75) is 52.2 Å². The van der Waals surface area contributed by atoms with Gasteiger partial charge in [-0.3, -0.25) is 10.2 Å². The number of nitrogens with one attached hydrogen (secondary N) is 3. The zero-order valence-corrected chi connectivity index (χ0v) is 22.6. The number of hydrogen-bond donors (Lipinski definition) is 4. The summed E-state index contributed by atoms with van der Waals surface area (Å²) in [5.41, 5.74) is 8.05. The third-order valence-corrected chi connectivity index (χ3v) is 6.13. The van der Waals surface area contributed by atoms with E-state index >= 15 is 0 Å². The number of aromatic nitrogens is 3. The van der Waals surface area contributed by atoms with E-state index in [-0.39, 0.29) is 29.6 Å². The number of rotatable bonds is 6. The SMILES string of the molecule is Cc1ccnc(NC(=O)c2ccc(C(=N)c3c(N)ncnc3NC3CCCN(C(=O)OC(C)(C)C)C3)cc2)c1. The van der Waals surface area contributed by atoms with Gasteiger partial charge in [0.05, 0.1) is 11.3 Å². The maximum atomic E-state index is 12.7. The quantitative estimate of drug-likeness (QED) is 0.344. The molecule has 204 valence electrons. The van der Waals surface area contributed by atoms with Crippen molar-refractivity contribution in [1.82, 2.24) is 19.9 Å². The lowest BCUT2D eigenvalue weighted by molar-refractivity contribution is 0.0206. The Morgan fingerprint density at radius 2 is 1.82 bits per heavy atom. The number of nitrogens with zero attached hydrogens (tertiary/aromatic N) is 4. The molecule has 0 radical (unpaired) electrons. The number of anilines is 3. The first-order chi connectivity index (χ1) is 18.5. The topological polar surface area (TPSA) is 159 Å². The maximum absolute atomic E-state index is 12.7. The molecule has 0 aliphatic carbocycles. The molecule has 1 atom stereocenters. The third-order valence-electron chi connectivity index (χ3n) is 6.13. The van der Waals surface area contributed by atoms with Crippen LogP contribution in [0.25, 0.3) is 0 Å². The van der Waals surface area contributed by atoms with Crippen LogP contribution in [0.1, 0.15) is 60.7 Å². The number of benzene rings is 1. The van der Waals surface area contributed by atoms with Gasteiger partial charge in [-0.1, -0.05) is 12.1 Å². The van der Waals surface area contributed by atoms with Crippen LogP contribution in [0.3, 0.4) is 0 Å². The molecule has 1 fully saturated rings. The average molecular weight is 531 g/mol. The number of pyridine rings is 1. The fourth-order valence-electron chi connectivity index (χ4n) is 4.26. The molecule has 3 heterocycles. The molecule has 1 saturated heterocycles. The van der Waals surface area contributed by atoms with E-state index in [9.17, 15) is 9.59 Å². The van der Waals surface area contributed by atoms with Crippen molar-refractivity contribution in [1.29, 1.82) is 5.41 Å². The Labute approximate surface area is 227 Å². The van der Waals surface area contributed by atoms with E-state index in [2.05, 4.69) is 25.6 Å². The van der Waals surface area contributed by atoms with Gasteiger partial charge in [0.1, 0.15) is 29.4 Å². The predicted molar refractivity (Wildman–Crippen MR) is 150 cm³/mol. The van der Waals surface area contributed by atoms with E-state index in [1.54, 1.807) is 41.4 Å². The van der Waals surface area contributed by atoms with Crippen molar-refractivity contribution in [3.05, 3.63) is 71.2 Å². The fraction of sp³-hybridized carbons (Fsp3) is 0.357. The molecule has 2 amide bonds. The second kappa shape index (κ2) is 11.5. The average Bonchev–Trinajstić information content (AvgIpc) is 2.88. The molecular weight excluding hydrogens is 496 g/mol. The van der Waals surface area contributed by atoms with Crippen molar-refractivity contribution in [3.8, 4) is 0 Å². The molecular formula is C28H34N8O3. The summed E-state index contributed by atoms with van der Waals surface area (Å²) in [6.45, 7) is 8.49. The number of hydrogen-bond acceptors (Lipinski definition) is 9. The van der Waals surface area contributed by atoms with Gasteiger partial charge in [-0.25, -0.2) is 19.7 Å². The lowest BCUT2D eigenvalue weighted by atomic mass is 10.0. The van der Waals surface area contributed by atoms with Crippen molar-refractivity contribution >= 4 is 35.2 Å². The lowest BCUT2D eigenvalue weighted by Gasteiger charge is -2.34. The van der Waals surface area contributed by atoms with Gasteiger partial charge in [0.15, 0.2) is 0 Å². The summed E-state index contributed by atoms with van der Waals surface area (Å²) in [6.07, 6.45) is 4.23. The van der Waals surface area contributed by atoms with Crippen molar-refractivity contribution in [2.24, 2.45) is 0 Å². The molecule has 4 rings (SSSR count). The van der Waals surface area contributed by atoms with Crippen LogP contribution in [0.15, 0.2) is 48.9 Å². The van der Waals surface area contributed by atoms with E-state index < -0.39 is 5.60 Å². The molecule has 5 N–H and O–H groups in total. The van der Waals surface area contributed by atoms with Gasteiger partial charge in [0.2, 0.25) is 0 Å². The molecule has 11 nitrogen and oxygen atoms in total. The highest BCUT2D eigenvalue weighted by Gasteiger charge is 2.29. The lowest BCUT2D eigenvalue weighted by Crippen LogP contribution is -2.47. The fourth-order valence-corrected chi connectivity index (χ4v) is 4.26. The first-order valence-corrected chi connectivity index (χ1v) is 12.8. The molecule has 1 unspecified atom stereocenters. The van der Waals surface area contributed by atoms with E-state index in [0.29, 0.717) is 41.4 Å². The molecule has 2 aromatic heterocycles. The van der Waals surface area contributed by atoms with Gasteiger partial charge in [-0.2, -0.15) is 0 Å². The number of aryl methyl sites for hydroxylation is 1. The van der Waals surface area contributed by atoms with Crippen LogP contribution >= 0.6 is 0 Å². The first kappa shape index (κ1) is 27.5. The minimum atomic E-state index is -0.575. The Kier molecular flexibility index (Phi) is 8.08. The van der Waals surface area contributed by atoms with Gasteiger partial charge in [0, 0.05) is 36.5 Å². The summed E-state index contributed by atoms with van der Waals surface area (Å²) < 4.78 is 5.53. The highest BCUT2D eigenvalue weighted by molar-refractivity contribution is 6.16. The zero-order valence-electron chi connectivity index (χ0n) is 22.6. The normalized spacial score (nSPS) is 15.4. The number of nitrogen functional groups attached to an aromatic ring is 1. The van der Waals surface area contributed by atoms with Crippen LogP contribution in [0, 0.1) is 12.3 Å². The molecule has 39 heavy (non-hydrogen) atoms. The number of ether oxygens (including phenoxy) is 1. The summed E-state index contributed by atoms with van der Waals surface area (Å²) >= 11 is 0. The molecule has 1 aromatic carbocycles. The monoisotopic (exact) mass is 530 g/mol. The summed E-state index contributed by atoms with van der Waals surface area (Å²) in [5.74, 6) is 0.734. The smallest absolute Gasteiger partial charge is 0.410 e. The van der Waals surface area contributed by atoms with Gasteiger partial charge in [0.25, 0.3) is 5.91 Å². The molecule has 1 aliphatic heterocycles. The number of carbonyl (C=O) groups excluding carboxylic acids is 2. The molecule has 0 saturated carbocycles. The van der Waals surface area contributed by atoms with Crippen LogP contribution in [0.2, 0.25) is 0 Å². The minimum absolute atomic E-state index is 0.103. The predicted octanol–water partition coefficient (Wildman–Crippen LogP) is 4.24. The second-order valence-electron chi connectivity index (χ2n) is 10.5. The minimum Gasteiger partial charge on any atom is -0.444 e. The Bertz CT molecular complexity index is 1370. The number of carbonyl (C=O) groups is 2. The van der Waals surface area contributed by atoms with Gasteiger partial charge < -0.3 is 26.0 Å². The zero-order chi connectivity index (χ0) is 28.2. The summed E-state index contributed by atoms with van der Waals surface area (Å²) in [6, 6.07) is 10.2. The summed E-state index contributed by atoms with van der Waals surface area (Å²) in [5, 5.41) is 15.0. The first-order valence-electron chi connectivity index (χ1n) is 12.8. The number of nitrogens with two attached hydrogens (primary N) is 1. The summed E-state index contributed by atoms with van der Waals surface area (Å²) in [4.78, 5) is 39.5. The Morgan fingerprint density at radius 1 is 1.10 bits per heavy atom. The van der Waals surface area contributed by atoms with E-state index in [1.807, 2.05) is 33.8 Å². The van der Waals surface area contributed by atoms with Crippen molar-refractivity contribution < 1.29 is 14.3 Å². The van der Waals surface area contributed by atoms with E-state index in [1.165, 1.54) is 6.33 Å². The van der Waals surface area contributed by atoms with Gasteiger partial charge >= 0.3 is 6.09 Å². The van der Waals surface area contributed by atoms with Crippen molar-refractivity contribution in [3.63, 3.8) is 0 Å². The Balaban J connectivity index is 1.48. The highest BCUT2D eigenvalue weighted by atomic mass is 16.6. The molecule has 1 aliphatic rings. The standard InChI is InChI=1S/C28H34N8O3/c1-17-11-12-31-21(14-17)35-26(37)19-9-7-18(8-10-19)23(29)22-24(30)32-16-33-25(22)34-20-6-5-13-36(15-20)27(38)39-28(2,3)4/h7-12,14,16,20,29H,5-6,13,15H2,1-4H3,(H,31,35,37)(H3,30,32,33,34). The van der Waals surface area contributed by atoms with Crippen LogP contribution < -0.4 is 16.4 Å². The Hall–Kier alpha value is -4.54.